The number of carbonyl (C=O) groups excluding carboxylic acids is 1. The molecule has 0 atom stereocenters. The zero-order valence-electron chi connectivity index (χ0n) is 11.4. The van der Waals surface area contributed by atoms with E-state index in [0.29, 0.717) is 6.42 Å². The van der Waals surface area contributed by atoms with Gasteiger partial charge in [0.2, 0.25) is 11.6 Å². The van der Waals surface area contributed by atoms with Crippen LogP contribution in [0.3, 0.4) is 0 Å². The zero-order valence-corrected chi connectivity index (χ0v) is 11.4. The van der Waals surface area contributed by atoms with Gasteiger partial charge in [0.1, 0.15) is 6.33 Å². The highest BCUT2D eigenvalue weighted by molar-refractivity contribution is 6.05. The smallest absolute Gasteiger partial charge is 0.224 e. The number of ketones is 1. The van der Waals surface area contributed by atoms with Gasteiger partial charge in [0, 0.05) is 24.4 Å². The third kappa shape index (κ3) is 3.09. The van der Waals surface area contributed by atoms with E-state index in [9.17, 15) is 9.90 Å². The third-order valence-electron chi connectivity index (χ3n) is 2.92. The van der Waals surface area contributed by atoms with Crippen LogP contribution in [0.2, 0.25) is 0 Å². The fraction of sp³-hybridized carbons (Fsp3) is 0.0667. The summed E-state index contributed by atoms with van der Waals surface area (Å²) in [7, 11) is 0. The van der Waals surface area contributed by atoms with E-state index in [2.05, 4.69) is 20.2 Å². The minimum atomic E-state index is -0.463. The number of nitrogens with zero attached hydrogens (tertiary/aromatic N) is 3. The Hall–Kier alpha value is -3.22. The van der Waals surface area contributed by atoms with Gasteiger partial charge in [-0.2, -0.15) is 5.10 Å². The summed E-state index contributed by atoms with van der Waals surface area (Å²) in [6.07, 6.45) is 6.10. The minimum absolute atomic E-state index is 0.0496. The van der Waals surface area contributed by atoms with Crippen LogP contribution >= 0.6 is 0 Å². The Labute approximate surface area is 125 Å². The standard InChI is InChI=1S/C15H12N4O3/c20-12(7-13(21)15-17-9-18-19-15)14-6-10(8-22-14)5-11-3-1-2-4-16-11/h1-4,6-9,21H,5H2,(H,17,18,19). The molecular weight excluding hydrogens is 284 g/mol. The molecule has 0 aliphatic rings. The lowest BCUT2D eigenvalue weighted by Crippen LogP contribution is -1.96. The fourth-order valence-corrected chi connectivity index (χ4v) is 1.90. The Morgan fingerprint density at radius 2 is 2.27 bits per heavy atom. The maximum atomic E-state index is 12.0. The molecule has 0 unspecified atom stereocenters. The number of aromatic amines is 1. The van der Waals surface area contributed by atoms with Gasteiger partial charge >= 0.3 is 0 Å². The second kappa shape index (κ2) is 6.04. The van der Waals surface area contributed by atoms with E-state index in [1.807, 2.05) is 18.2 Å². The molecule has 0 bridgehead atoms. The van der Waals surface area contributed by atoms with Crippen LogP contribution in [0.1, 0.15) is 27.6 Å². The van der Waals surface area contributed by atoms with Crippen LogP contribution in [0, 0.1) is 0 Å². The number of hydrogen-bond donors (Lipinski definition) is 2. The molecule has 3 aromatic rings. The molecule has 3 rings (SSSR count). The van der Waals surface area contributed by atoms with Crippen molar-refractivity contribution in [2.45, 2.75) is 6.42 Å². The van der Waals surface area contributed by atoms with Gasteiger partial charge in [-0.05, 0) is 23.8 Å². The number of pyridine rings is 1. The highest BCUT2D eigenvalue weighted by Gasteiger charge is 2.13. The van der Waals surface area contributed by atoms with Crippen LogP contribution in [0.5, 0.6) is 0 Å². The van der Waals surface area contributed by atoms with Crippen LogP contribution in [0.4, 0.5) is 0 Å². The van der Waals surface area contributed by atoms with Gasteiger partial charge in [0.05, 0.1) is 6.26 Å². The number of furan rings is 1. The van der Waals surface area contributed by atoms with Crippen molar-refractivity contribution in [3.63, 3.8) is 0 Å². The summed E-state index contributed by atoms with van der Waals surface area (Å²) in [6, 6.07) is 7.25. The van der Waals surface area contributed by atoms with Crippen LogP contribution in [0.15, 0.2) is 53.5 Å². The first-order valence-corrected chi connectivity index (χ1v) is 6.51. The van der Waals surface area contributed by atoms with Gasteiger partial charge in [-0.1, -0.05) is 6.07 Å². The summed E-state index contributed by atoms with van der Waals surface area (Å²) in [6.45, 7) is 0. The summed E-state index contributed by atoms with van der Waals surface area (Å²) in [5.41, 5.74) is 1.70. The van der Waals surface area contributed by atoms with E-state index >= 15 is 0 Å². The lowest BCUT2D eigenvalue weighted by molar-refractivity contribution is 0.102. The molecule has 0 aromatic carbocycles. The molecule has 3 heterocycles. The molecular formula is C15H12N4O3. The van der Waals surface area contributed by atoms with Gasteiger partial charge in [0.15, 0.2) is 11.5 Å². The molecule has 0 radical (unpaired) electrons. The number of rotatable bonds is 5. The lowest BCUT2D eigenvalue weighted by Gasteiger charge is -1.95. The summed E-state index contributed by atoms with van der Waals surface area (Å²) < 4.78 is 5.24. The second-order valence-corrected chi connectivity index (χ2v) is 4.53. The number of aromatic nitrogens is 4. The molecule has 3 aromatic heterocycles. The highest BCUT2D eigenvalue weighted by atomic mass is 16.3. The maximum absolute atomic E-state index is 12.0. The lowest BCUT2D eigenvalue weighted by atomic mass is 10.1. The normalized spacial score (nSPS) is 11.5. The fourth-order valence-electron chi connectivity index (χ4n) is 1.90. The number of hydrogen-bond acceptors (Lipinski definition) is 6. The van der Waals surface area contributed by atoms with Crippen molar-refractivity contribution in [2.24, 2.45) is 0 Å². The monoisotopic (exact) mass is 296 g/mol. The summed E-state index contributed by atoms with van der Waals surface area (Å²) in [5, 5.41) is 15.9. The van der Waals surface area contributed by atoms with Gasteiger partial charge in [-0.15, -0.1) is 0 Å². The largest absolute Gasteiger partial charge is 0.504 e. The van der Waals surface area contributed by atoms with Crippen molar-refractivity contribution in [3.05, 3.63) is 72.0 Å². The number of aliphatic hydroxyl groups excluding tert-OH is 1. The Bertz CT molecular complexity index is 791. The first-order valence-electron chi connectivity index (χ1n) is 6.51. The second-order valence-electron chi connectivity index (χ2n) is 4.53. The maximum Gasteiger partial charge on any atom is 0.224 e. The topological polar surface area (TPSA) is 105 Å². The van der Waals surface area contributed by atoms with Crippen molar-refractivity contribution < 1.29 is 14.3 Å². The molecule has 0 saturated heterocycles. The van der Waals surface area contributed by atoms with E-state index in [1.54, 1.807) is 12.3 Å². The molecule has 0 fully saturated rings. The van der Waals surface area contributed by atoms with Crippen LogP contribution in [-0.2, 0) is 6.42 Å². The average Bonchev–Trinajstić information content (AvgIpc) is 3.19. The molecule has 0 saturated carbocycles. The summed E-state index contributed by atoms with van der Waals surface area (Å²) >= 11 is 0. The predicted molar refractivity (Wildman–Crippen MR) is 77.1 cm³/mol. The van der Waals surface area contributed by atoms with Crippen LogP contribution < -0.4 is 0 Å². The quantitative estimate of drug-likeness (QED) is 0.424. The zero-order chi connectivity index (χ0) is 15.4. The molecule has 2 N–H and O–H groups in total. The molecule has 7 heteroatoms. The Balaban J connectivity index is 1.73. The van der Waals surface area contributed by atoms with E-state index in [-0.39, 0.29) is 17.3 Å². The van der Waals surface area contributed by atoms with Crippen molar-refractivity contribution in [1.82, 2.24) is 20.2 Å². The van der Waals surface area contributed by atoms with E-state index in [1.165, 1.54) is 12.6 Å². The SMILES string of the molecule is O=C(C=C(O)c1nc[nH]n1)c1cc(Cc2ccccn2)co1. The highest BCUT2D eigenvalue weighted by Crippen LogP contribution is 2.14. The molecule has 0 aliphatic heterocycles. The van der Waals surface area contributed by atoms with E-state index in [4.69, 9.17) is 4.42 Å². The van der Waals surface area contributed by atoms with Crippen molar-refractivity contribution in [1.29, 1.82) is 0 Å². The average molecular weight is 296 g/mol. The van der Waals surface area contributed by atoms with Gasteiger partial charge < -0.3 is 9.52 Å². The van der Waals surface area contributed by atoms with Crippen LogP contribution in [0.25, 0.3) is 5.76 Å². The minimum Gasteiger partial charge on any atom is -0.504 e. The number of aliphatic hydroxyl groups is 1. The Morgan fingerprint density at radius 1 is 1.36 bits per heavy atom. The molecule has 0 amide bonds. The molecule has 110 valence electrons. The van der Waals surface area contributed by atoms with E-state index in [0.717, 1.165) is 17.3 Å². The summed E-state index contributed by atoms with van der Waals surface area (Å²) in [5.74, 6) is -0.606. The Morgan fingerprint density at radius 3 is 3.00 bits per heavy atom. The third-order valence-corrected chi connectivity index (χ3v) is 2.92. The van der Waals surface area contributed by atoms with Gasteiger partial charge in [-0.3, -0.25) is 14.9 Å². The number of carbonyl (C=O) groups is 1. The summed E-state index contributed by atoms with van der Waals surface area (Å²) in [4.78, 5) is 20.0. The number of nitrogens with one attached hydrogen (secondary N) is 1. The van der Waals surface area contributed by atoms with Crippen molar-refractivity contribution >= 4 is 11.5 Å². The van der Waals surface area contributed by atoms with E-state index < -0.39 is 5.78 Å². The number of allylic oxidation sites excluding steroid dienone is 1. The first-order chi connectivity index (χ1) is 10.7. The van der Waals surface area contributed by atoms with Crippen molar-refractivity contribution in [3.8, 4) is 0 Å². The molecule has 0 aliphatic carbocycles. The Kier molecular flexibility index (Phi) is 3.78. The van der Waals surface area contributed by atoms with Gasteiger partial charge in [0.25, 0.3) is 0 Å². The molecule has 22 heavy (non-hydrogen) atoms. The van der Waals surface area contributed by atoms with Crippen LogP contribution in [-0.4, -0.2) is 31.1 Å². The van der Waals surface area contributed by atoms with Crippen molar-refractivity contribution in [2.75, 3.05) is 0 Å². The van der Waals surface area contributed by atoms with Gasteiger partial charge in [-0.25, -0.2) is 4.98 Å². The first kappa shape index (κ1) is 13.7. The predicted octanol–water partition coefficient (Wildman–Crippen LogP) is 2.17. The number of H-pyrrole nitrogens is 1. The molecule has 7 nitrogen and oxygen atoms in total. The molecule has 0 spiro atoms.